The van der Waals surface area contributed by atoms with Gasteiger partial charge in [-0.1, -0.05) is 40.9 Å². The molecule has 5 nitrogen and oxygen atoms in total. The number of carbonyl (C=O) groups is 1. The quantitative estimate of drug-likeness (QED) is 0.469. The number of hydrogen-bond acceptors (Lipinski definition) is 4. The number of rotatable bonds is 4. The summed E-state index contributed by atoms with van der Waals surface area (Å²) in [6, 6.07) is 7.58. The minimum atomic E-state index is -1.59. The second-order valence-electron chi connectivity index (χ2n) is 12.0. The highest BCUT2D eigenvalue weighted by molar-refractivity contribution is 6.67. The van der Waals surface area contributed by atoms with Crippen molar-refractivity contribution in [1.82, 2.24) is 9.80 Å². The van der Waals surface area contributed by atoms with E-state index in [9.17, 15) is 4.79 Å². The Kier molecular flexibility index (Phi) is 5.19. The van der Waals surface area contributed by atoms with Gasteiger partial charge in [0.05, 0.1) is 7.11 Å². The standard InChI is InChI=1S/C27H33Cl3N2O3/c1-34-19-5-4-17-10-22-25-7-6-21-23(18(12-25)14-32(21)24(33)35-15-27(28,29)30)26(25,20(17)11-19)8-9-31(22)13-16-2-3-16/h4-5,11,16,18,21-23H,2-3,6-10,12-15H2,1H3/t18-,21?,22?,23?,25?,26?/m0/s1. The van der Waals surface area contributed by atoms with Gasteiger partial charge < -0.3 is 14.4 Å². The third kappa shape index (κ3) is 3.26. The Morgan fingerprint density at radius 1 is 1.20 bits per heavy atom. The first-order chi connectivity index (χ1) is 16.8. The SMILES string of the molecule is COc1ccc2c(c1)C13CCN(CC4CC4)C(C2)C12CCC1C3[C@H](CN1C(=O)OCC(Cl)(Cl)Cl)C2. The lowest BCUT2D eigenvalue weighted by Gasteiger charge is -2.66. The minimum absolute atomic E-state index is 0.0949. The molecule has 4 aliphatic carbocycles. The number of piperidine rings is 1. The molecule has 1 amide bonds. The smallest absolute Gasteiger partial charge is 0.410 e. The first-order valence-corrected chi connectivity index (χ1v) is 14.3. The molecular weight excluding hydrogens is 507 g/mol. The Labute approximate surface area is 222 Å². The average molecular weight is 540 g/mol. The highest BCUT2D eigenvalue weighted by Crippen LogP contribution is 2.75. The zero-order valence-electron chi connectivity index (χ0n) is 20.2. The summed E-state index contributed by atoms with van der Waals surface area (Å²) in [6.45, 7) is 2.96. The van der Waals surface area contributed by atoms with Crippen LogP contribution < -0.4 is 4.74 Å². The van der Waals surface area contributed by atoms with Gasteiger partial charge in [-0.05, 0) is 97.9 Å². The molecule has 5 fully saturated rings. The van der Waals surface area contributed by atoms with Gasteiger partial charge in [0, 0.05) is 30.6 Å². The molecule has 35 heavy (non-hydrogen) atoms. The second kappa shape index (κ2) is 7.82. The summed E-state index contributed by atoms with van der Waals surface area (Å²) in [5.74, 6) is 2.79. The van der Waals surface area contributed by atoms with Crippen molar-refractivity contribution in [2.75, 3.05) is 33.4 Å². The molecule has 4 bridgehead atoms. The summed E-state index contributed by atoms with van der Waals surface area (Å²) < 4.78 is 9.61. The number of carbonyl (C=O) groups excluding carboxylic acids is 1. The van der Waals surface area contributed by atoms with Crippen LogP contribution in [0.25, 0.3) is 0 Å². The third-order valence-electron chi connectivity index (χ3n) is 10.6. The lowest BCUT2D eigenvalue weighted by Crippen LogP contribution is -2.70. The lowest BCUT2D eigenvalue weighted by molar-refractivity contribution is -0.103. The Morgan fingerprint density at radius 3 is 2.77 bits per heavy atom. The van der Waals surface area contributed by atoms with Crippen LogP contribution >= 0.6 is 34.8 Å². The number of amides is 1. The molecule has 2 aliphatic heterocycles. The summed E-state index contributed by atoms with van der Waals surface area (Å²) in [4.78, 5) is 18.0. The number of hydrogen-bond donors (Lipinski definition) is 0. The van der Waals surface area contributed by atoms with Gasteiger partial charge in [-0.25, -0.2) is 4.79 Å². The number of halogens is 3. The van der Waals surface area contributed by atoms with E-state index in [0.29, 0.717) is 23.3 Å². The number of likely N-dealkylation sites (tertiary alicyclic amines) is 2. The minimum Gasteiger partial charge on any atom is -0.497 e. The van der Waals surface area contributed by atoms with E-state index in [1.54, 1.807) is 7.11 Å². The van der Waals surface area contributed by atoms with E-state index >= 15 is 0 Å². The molecule has 2 saturated heterocycles. The maximum atomic E-state index is 13.2. The van der Waals surface area contributed by atoms with Crippen molar-refractivity contribution in [2.24, 2.45) is 23.2 Å². The van der Waals surface area contributed by atoms with E-state index in [1.165, 1.54) is 49.8 Å². The van der Waals surface area contributed by atoms with Crippen LogP contribution in [0.2, 0.25) is 0 Å². The summed E-state index contributed by atoms with van der Waals surface area (Å²) in [5.41, 5.74) is 3.38. The van der Waals surface area contributed by atoms with E-state index in [2.05, 4.69) is 23.1 Å². The van der Waals surface area contributed by atoms with Gasteiger partial charge in [-0.2, -0.15) is 0 Å². The Morgan fingerprint density at radius 2 is 2.03 bits per heavy atom. The predicted molar refractivity (Wildman–Crippen MR) is 136 cm³/mol. The number of nitrogens with zero attached hydrogens (tertiary/aromatic N) is 2. The highest BCUT2D eigenvalue weighted by atomic mass is 35.6. The van der Waals surface area contributed by atoms with Crippen LogP contribution in [0.4, 0.5) is 4.79 Å². The maximum absolute atomic E-state index is 13.2. The maximum Gasteiger partial charge on any atom is 0.410 e. The van der Waals surface area contributed by atoms with Crippen LogP contribution in [0.3, 0.4) is 0 Å². The van der Waals surface area contributed by atoms with Gasteiger partial charge in [0.1, 0.15) is 12.4 Å². The number of methoxy groups -OCH3 is 1. The lowest BCUT2D eigenvalue weighted by atomic mass is 9.43. The molecule has 0 radical (unpaired) electrons. The van der Waals surface area contributed by atoms with Crippen LogP contribution in [0.5, 0.6) is 5.75 Å². The van der Waals surface area contributed by atoms with Gasteiger partial charge in [-0.3, -0.25) is 4.90 Å². The van der Waals surface area contributed by atoms with Crippen LogP contribution in [0, 0.1) is 23.2 Å². The molecule has 6 aliphatic rings. The number of alkyl halides is 3. The average Bonchev–Trinajstić information content (AvgIpc) is 3.51. The van der Waals surface area contributed by atoms with Gasteiger partial charge >= 0.3 is 6.09 Å². The van der Waals surface area contributed by atoms with Gasteiger partial charge in [-0.15, -0.1) is 0 Å². The predicted octanol–water partition coefficient (Wildman–Crippen LogP) is 5.58. The molecule has 0 aromatic heterocycles. The Bertz CT molecular complexity index is 1060. The van der Waals surface area contributed by atoms with Crippen molar-refractivity contribution in [3.05, 3.63) is 29.3 Å². The van der Waals surface area contributed by atoms with Crippen molar-refractivity contribution < 1.29 is 14.3 Å². The number of ether oxygens (including phenoxy) is 2. The number of benzene rings is 1. The van der Waals surface area contributed by atoms with Gasteiger partial charge in [0.25, 0.3) is 0 Å². The molecule has 3 saturated carbocycles. The fourth-order valence-electron chi connectivity index (χ4n) is 9.50. The monoisotopic (exact) mass is 538 g/mol. The largest absolute Gasteiger partial charge is 0.497 e. The summed E-state index contributed by atoms with van der Waals surface area (Å²) >= 11 is 17.6. The Balaban J connectivity index is 1.29. The van der Waals surface area contributed by atoms with E-state index in [1.807, 2.05) is 4.90 Å². The van der Waals surface area contributed by atoms with E-state index in [-0.39, 0.29) is 24.2 Å². The van der Waals surface area contributed by atoms with Crippen LogP contribution in [0.1, 0.15) is 49.7 Å². The zero-order valence-corrected chi connectivity index (χ0v) is 22.4. The fraction of sp³-hybridized carbons (Fsp3) is 0.741. The molecule has 5 unspecified atom stereocenters. The van der Waals surface area contributed by atoms with Crippen LogP contribution in [0.15, 0.2) is 18.2 Å². The molecule has 190 valence electrons. The van der Waals surface area contributed by atoms with Crippen LogP contribution in [-0.2, 0) is 16.6 Å². The summed E-state index contributed by atoms with van der Waals surface area (Å²) in [7, 11) is 1.76. The van der Waals surface area contributed by atoms with Crippen LogP contribution in [-0.4, -0.2) is 65.1 Å². The summed E-state index contributed by atoms with van der Waals surface area (Å²) in [5, 5.41) is 0. The van der Waals surface area contributed by atoms with Crippen molar-refractivity contribution in [2.45, 2.75) is 66.2 Å². The van der Waals surface area contributed by atoms with Crippen molar-refractivity contribution in [3.8, 4) is 5.75 Å². The van der Waals surface area contributed by atoms with E-state index in [4.69, 9.17) is 44.3 Å². The third-order valence-corrected chi connectivity index (χ3v) is 10.9. The first-order valence-electron chi connectivity index (χ1n) is 13.2. The van der Waals surface area contributed by atoms with Gasteiger partial charge in [0.15, 0.2) is 0 Å². The molecule has 2 heterocycles. The molecule has 1 aromatic rings. The van der Waals surface area contributed by atoms with Crippen molar-refractivity contribution in [1.29, 1.82) is 0 Å². The zero-order chi connectivity index (χ0) is 24.2. The van der Waals surface area contributed by atoms with Gasteiger partial charge in [0.2, 0.25) is 3.79 Å². The molecule has 0 N–H and O–H groups in total. The molecule has 0 spiro atoms. The van der Waals surface area contributed by atoms with E-state index < -0.39 is 3.79 Å². The molecule has 8 heteroatoms. The normalized spacial score (nSPS) is 39.3. The van der Waals surface area contributed by atoms with E-state index in [0.717, 1.165) is 37.6 Å². The Hall–Kier alpha value is -0.880. The topological polar surface area (TPSA) is 42.0 Å². The fourth-order valence-corrected chi connectivity index (χ4v) is 9.66. The number of fused-ring (bicyclic) bond motifs is 1. The summed E-state index contributed by atoms with van der Waals surface area (Å²) in [6.07, 6.45) is 8.19. The second-order valence-corrected chi connectivity index (χ2v) is 14.5. The highest BCUT2D eigenvalue weighted by Gasteiger charge is 2.76. The molecule has 1 aromatic carbocycles. The molecular formula is C27H33Cl3N2O3. The van der Waals surface area contributed by atoms with Crippen molar-refractivity contribution in [3.63, 3.8) is 0 Å². The van der Waals surface area contributed by atoms with Crippen molar-refractivity contribution >= 4 is 40.9 Å². The first kappa shape index (κ1) is 23.3. The molecule has 7 rings (SSSR count). The molecule has 6 atom stereocenters.